The number of hydrogen-bond acceptors (Lipinski definition) is 6. The molecule has 2 aliphatic heterocycles. The Kier molecular flexibility index (Phi) is 6.85. The van der Waals surface area contributed by atoms with Gasteiger partial charge in [-0.05, 0) is 67.7 Å². The third-order valence-electron chi connectivity index (χ3n) is 7.57. The maximum absolute atomic E-state index is 14.3. The van der Waals surface area contributed by atoms with Crippen molar-refractivity contribution in [2.24, 2.45) is 17.8 Å². The predicted molar refractivity (Wildman–Crippen MR) is 123 cm³/mol. The van der Waals surface area contributed by atoms with E-state index >= 15 is 0 Å². The van der Waals surface area contributed by atoms with Crippen LogP contribution in [0.15, 0.2) is 24.3 Å². The van der Waals surface area contributed by atoms with Gasteiger partial charge in [-0.1, -0.05) is 0 Å². The number of nitrogens with zero attached hydrogens (tertiary/aromatic N) is 3. The summed E-state index contributed by atoms with van der Waals surface area (Å²) in [5.41, 5.74) is -1.22. The van der Waals surface area contributed by atoms with Crippen molar-refractivity contribution < 1.29 is 27.0 Å². The van der Waals surface area contributed by atoms with Crippen molar-refractivity contribution in [3.05, 3.63) is 35.6 Å². The lowest BCUT2D eigenvalue weighted by Crippen LogP contribution is -2.32. The number of halogens is 4. The number of benzene rings is 1. The minimum atomic E-state index is -4.66. The number of anilines is 1. The number of rotatable bonds is 6. The molecular formula is C25H30F4N4O2. The Bertz CT molecular complexity index is 1030. The maximum atomic E-state index is 14.3. The molecule has 3 heterocycles. The fourth-order valence-corrected chi connectivity index (χ4v) is 5.83. The largest absolute Gasteiger partial charge is 0.497 e. The van der Waals surface area contributed by atoms with Gasteiger partial charge >= 0.3 is 6.18 Å². The van der Waals surface area contributed by atoms with Crippen LogP contribution in [0.4, 0.5) is 23.4 Å². The molecule has 0 bridgehead atoms. The molecule has 1 aliphatic carbocycles. The molecule has 35 heavy (non-hydrogen) atoms. The van der Waals surface area contributed by atoms with E-state index in [4.69, 9.17) is 9.47 Å². The Hall–Kier alpha value is -2.46. The van der Waals surface area contributed by atoms with Crippen LogP contribution in [0.2, 0.25) is 0 Å². The first-order valence-electron chi connectivity index (χ1n) is 12.2. The Morgan fingerprint density at radius 3 is 2.46 bits per heavy atom. The Balaban J connectivity index is 1.27. The molecule has 2 aromatic rings. The zero-order valence-corrected chi connectivity index (χ0v) is 19.7. The first kappa shape index (κ1) is 24.2. The van der Waals surface area contributed by atoms with E-state index in [2.05, 4.69) is 20.4 Å². The highest BCUT2D eigenvalue weighted by Crippen LogP contribution is 2.42. The van der Waals surface area contributed by atoms with Crippen molar-refractivity contribution >= 4 is 5.82 Å². The summed E-state index contributed by atoms with van der Waals surface area (Å²) in [4.78, 5) is 2.51. The van der Waals surface area contributed by atoms with E-state index in [0.717, 1.165) is 70.7 Å². The van der Waals surface area contributed by atoms with Gasteiger partial charge in [-0.25, -0.2) is 4.39 Å². The van der Waals surface area contributed by atoms with Gasteiger partial charge < -0.3 is 19.7 Å². The van der Waals surface area contributed by atoms with E-state index in [1.165, 1.54) is 19.2 Å². The zero-order valence-electron chi connectivity index (χ0n) is 19.7. The van der Waals surface area contributed by atoms with Crippen molar-refractivity contribution in [1.29, 1.82) is 0 Å². The zero-order chi connectivity index (χ0) is 24.6. The molecule has 1 aromatic heterocycles. The molecule has 3 aliphatic rings. The summed E-state index contributed by atoms with van der Waals surface area (Å²) in [6.45, 7) is 4.74. The van der Waals surface area contributed by atoms with E-state index < -0.39 is 17.6 Å². The molecule has 0 spiro atoms. The van der Waals surface area contributed by atoms with Gasteiger partial charge in [0.2, 0.25) is 0 Å². The van der Waals surface area contributed by atoms with Crippen molar-refractivity contribution in [3.63, 3.8) is 0 Å². The first-order valence-corrected chi connectivity index (χ1v) is 12.2. The van der Waals surface area contributed by atoms with Gasteiger partial charge in [-0.2, -0.15) is 13.2 Å². The molecule has 0 unspecified atom stereocenters. The first-order chi connectivity index (χ1) is 16.8. The second-order valence-corrected chi connectivity index (χ2v) is 9.94. The Labute approximate surface area is 202 Å². The molecule has 1 N–H and O–H groups in total. The van der Waals surface area contributed by atoms with Gasteiger partial charge in [-0.3, -0.25) is 0 Å². The van der Waals surface area contributed by atoms with Crippen LogP contribution in [0, 0.1) is 23.6 Å². The number of nitrogens with one attached hydrogen (secondary N) is 1. The van der Waals surface area contributed by atoms with Crippen LogP contribution in [0.25, 0.3) is 11.3 Å². The van der Waals surface area contributed by atoms with Gasteiger partial charge in [0.05, 0.1) is 12.8 Å². The van der Waals surface area contributed by atoms with Gasteiger partial charge in [0.25, 0.3) is 0 Å². The SMILES string of the molecule is COc1ccc(F)c(-c2cc(C(F)(F)F)c(N[C@@H]3C[C@@H]4CN(CC5CCOCC5)C[C@@H]4C3)nn2)c1. The van der Waals surface area contributed by atoms with Crippen LogP contribution in [-0.4, -0.2) is 61.1 Å². The summed E-state index contributed by atoms with van der Waals surface area (Å²) >= 11 is 0. The quantitative estimate of drug-likeness (QED) is 0.579. The number of methoxy groups -OCH3 is 1. The summed E-state index contributed by atoms with van der Waals surface area (Å²) in [7, 11) is 1.40. The highest BCUT2D eigenvalue weighted by atomic mass is 19.4. The molecule has 5 rings (SSSR count). The summed E-state index contributed by atoms with van der Waals surface area (Å²) < 4.78 is 66.6. The van der Waals surface area contributed by atoms with E-state index in [1.54, 1.807) is 0 Å². The van der Waals surface area contributed by atoms with Crippen LogP contribution in [0.1, 0.15) is 31.2 Å². The van der Waals surface area contributed by atoms with Crippen LogP contribution in [0.3, 0.4) is 0 Å². The van der Waals surface area contributed by atoms with E-state index in [-0.39, 0.29) is 23.1 Å². The summed E-state index contributed by atoms with van der Waals surface area (Å²) in [5.74, 6) is 0.951. The molecule has 0 radical (unpaired) electrons. The molecule has 190 valence electrons. The van der Waals surface area contributed by atoms with Crippen molar-refractivity contribution in [1.82, 2.24) is 15.1 Å². The topological polar surface area (TPSA) is 59.5 Å². The third-order valence-corrected chi connectivity index (χ3v) is 7.57. The molecule has 1 aromatic carbocycles. The fourth-order valence-electron chi connectivity index (χ4n) is 5.83. The van der Waals surface area contributed by atoms with Crippen LogP contribution >= 0.6 is 0 Å². The molecule has 3 fully saturated rings. The average Bonchev–Trinajstić information content (AvgIpc) is 3.37. The van der Waals surface area contributed by atoms with Gasteiger partial charge in [-0.15, -0.1) is 10.2 Å². The lowest BCUT2D eigenvalue weighted by Gasteiger charge is -2.28. The molecule has 10 heteroatoms. The molecular weight excluding hydrogens is 464 g/mol. The molecule has 3 atom stereocenters. The number of ether oxygens (including phenoxy) is 2. The predicted octanol–water partition coefficient (Wildman–Crippen LogP) is 4.86. The van der Waals surface area contributed by atoms with E-state index in [9.17, 15) is 17.6 Å². The fraction of sp³-hybridized carbons (Fsp3) is 0.600. The molecule has 6 nitrogen and oxygen atoms in total. The van der Waals surface area contributed by atoms with Crippen LogP contribution in [-0.2, 0) is 10.9 Å². The molecule has 2 saturated heterocycles. The monoisotopic (exact) mass is 494 g/mol. The summed E-state index contributed by atoms with van der Waals surface area (Å²) in [6.07, 6.45) is -0.840. The number of hydrogen-bond donors (Lipinski definition) is 1. The van der Waals surface area contributed by atoms with Gasteiger partial charge in [0.1, 0.15) is 17.1 Å². The Morgan fingerprint density at radius 1 is 1.09 bits per heavy atom. The van der Waals surface area contributed by atoms with Crippen molar-refractivity contribution in [2.75, 3.05) is 45.3 Å². The molecule has 0 amide bonds. The summed E-state index contributed by atoms with van der Waals surface area (Å²) in [6, 6.07) is 4.62. The van der Waals surface area contributed by atoms with Crippen LogP contribution in [0.5, 0.6) is 5.75 Å². The number of likely N-dealkylation sites (tertiary alicyclic amines) is 1. The van der Waals surface area contributed by atoms with E-state index in [1.807, 2.05) is 0 Å². The minimum absolute atomic E-state index is 0.0890. The molecule has 1 saturated carbocycles. The second kappa shape index (κ2) is 9.89. The van der Waals surface area contributed by atoms with Crippen LogP contribution < -0.4 is 10.1 Å². The van der Waals surface area contributed by atoms with E-state index in [0.29, 0.717) is 23.5 Å². The van der Waals surface area contributed by atoms with Gasteiger partial charge in [0.15, 0.2) is 5.82 Å². The number of aromatic nitrogens is 2. The highest BCUT2D eigenvalue weighted by molar-refractivity contribution is 5.64. The highest BCUT2D eigenvalue weighted by Gasteiger charge is 2.43. The number of alkyl halides is 3. The van der Waals surface area contributed by atoms with Crippen molar-refractivity contribution in [3.8, 4) is 17.0 Å². The van der Waals surface area contributed by atoms with Gasteiger partial charge in [0, 0.05) is 44.5 Å². The van der Waals surface area contributed by atoms with Crippen molar-refractivity contribution in [2.45, 2.75) is 37.9 Å². The second-order valence-electron chi connectivity index (χ2n) is 9.94. The maximum Gasteiger partial charge on any atom is 0.420 e. The average molecular weight is 495 g/mol. The Morgan fingerprint density at radius 2 is 1.80 bits per heavy atom. The minimum Gasteiger partial charge on any atom is -0.497 e. The normalized spacial score (nSPS) is 25.6. The smallest absolute Gasteiger partial charge is 0.420 e. The number of fused-ring (bicyclic) bond motifs is 1. The third kappa shape index (κ3) is 5.38. The lowest BCUT2D eigenvalue weighted by molar-refractivity contribution is -0.137. The lowest BCUT2D eigenvalue weighted by atomic mass is 10.00. The summed E-state index contributed by atoms with van der Waals surface area (Å²) in [5, 5.41) is 10.8. The standard InChI is InChI=1S/C25H30F4N4O2/c1-34-19-2-3-22(26)20(10-19)23-11-21(25(27,28)29)24(32-31-23)30-18-8-16-13-33(14-17(16)9-18)12-15-4-6-35-7-5-15/h2-3,10-11,15-18H,4-9,12-14H2,1H3,(H,30,32)/t16-,17+,18-.